The van der Waals surface area contributed by atoms with Crippen molar-refractivity contribution in [2.24, 2.45) is 0 Å². The molecule has 1 amide bonds. The van der Waals surface area contributed by atoms with Crippen LogP contribution in [0.25, 0.3) is 10.8 Å². The van der Waals surface area contributed by atoms with Crippen LogP contribution in [0, 0.1) is 0 Å². The molecule has 0 aliphatic carbocycles. The van der Waals surface area contributed by atoms with Gasteiger partial charge in [0.05, 0.1) is 6.61 Å². The van der Waals surface area contributed by atoms with Crippen molar-refractivity contribution in [3.05, 3.63) is 42.0 Å². The minimum absolute atomic E-state index is 0.00360. The van der Waals surface area contributed by atoms with Gasteiger partial charge in [0.15, 0.2) is 6.04 Å². The minimum atomic E-state index is -4.61. The first-order chi connectivity index (χ1) is 13.1. The normalized spacial score (nSPS) is 18.3. The predicted molar refractivity (Wildman–Crippen MR) is 102 cm³/mol. The number of rotatable bonds is 6. The van der Waals surface area contributed by atoms with Gasteiger partial charge in [0.1, 0.15) is 5.75 Å². The Morgan fingerprint density at radius 3 is 2.54 bits per heavy atom. The monoisotopic (exact) mass is 394 g/mol. The number of halogens is 3. The molecule has 2 aromatic carbocycles. The van der Waals surface area contributed by atoms with E-state index in [1.54, 1.807) is 50.2 Å². The van der Waals surface area contributed by atoms with Crippen molar-refractivity contribution >= 4 is 16.7 Å². The minimum Gasteiger partial charge on any atom is -0.493 e. The van der Waals surface area contributed by atoms with Gasteiger partial charge in [0, 0.05) is 17.5 Å². The molecule has 7 heteroatoms. The number of hydrogen-bond donors (Lipinski definition) is 1. The number of benzene rings is 2. The Morgan fingerprint density at radius 2 is 1.93 bits per heavy atom. The molecular weight excluding hydrogens is 369 g/mol. The number of ether oxygens (including phenoxy) is 1. The summed E-state index contributed by atoms with van der Waals surface area (Å²) in [7, 11) is 0. The molecule has 0 bridgehead atoms. The quantitative estimate of drug-likeness (QED) is 0.690. The zero-order valence-electron chi connectivity index (χ0n) is 16.3. The third kappa shape index (κ3) is 3.94. The van der Waals surface area contributed by atoms with E-state index in [0.29, 0.717) is 17.4 Å². The predicted octanol–water partition coefficient (Wildman–Crippen LogP) is 5.14. The van der Waals surface area contributed by atoms with E-state index in [0.717, 1.165) is 17.9 Å². The summed E-state index contributed by atoms with van der Waals surface area (Å²) in [4.78, 5) is 11.9. The number of carbonyl (C=O) groups is 1. The van der Waals surface area contributed by atoms with Crippen LogP contribution in [0.5, 0.6) is 5.75 Å². The molecule has 2 aromatic rings. The van der Waals surface area contributed by atoms with Crippen molar-refractivity contribution in [1.29, 1.82) is 0 Å². The van der Waals surface area contributed by atoms with Gasteiger partial charge >= 0.3 is 6.18 Å². The Kier molecular flexibility index (Phi) is 5.57. The molecule has 1 aliphatic rings. The summed E-state index contributed by atoms with van der Waals surface area (Å²) in [6, 6.07) is 8.28. The summed E-state index contributed by atoms with van der Waals surface area (Å²) in [6.07, 6.45) is -2.99. The Bertz CT molecular complexity index is 864. The lowest BCUT2D eigenvalue weighted by Crippen LogP contribution is -2.51. The van der Waals surface area contributed by atoms with Crippen molar-refractivity contribution in [3.8, 4) is 5.75 Å². The maximum Gasteiger partial charge on any atom is 0.410 e. The molecule has 1 atom stereocenters. The molecule has 1 fully saturated rings. The smallest absolute Gasteiger partial charge is 0.410 e. The molecule has 4 nitrogen and oxygen atoms in total. The largest absolute Gasteiger partial charge is 0.493 e. The van der Waals surface area contributed by atoms with Crippen molar-refractivity contribution in [3.63, 3.8) is 0 Å². The van der Waals surface area contributed by atoms with Crippen molar-refractivity contribution in [1.82, 2.24) is 10.4 Å². The number of hydrogen-bond acceptors (Lipinski definition) is 3. The number of fused-ring (bicyclic) bond motifs is 1. The molecule has 0 aromatic heterocycles. The van der Waals surface area contributed by atoms with Crippen LogP contribution in [-0.2, 0) is 4.79 Å². The second-order valence-electron chi connectivity index (χ2n) is 7.74. The van der Waals surface area contributed by atoms with E-state index in [2.05, 4.69) is 5.43 Å². The molecule has 1 saturated heterocycles. The van der Waals surface area contributed by atoms with Gasteiger partial charge in [-0.2, -0.15) is 18.2 Å². The SMILES string of the molecule is CCCCOc1ccc2ccccc2c1C(N1NC(=O)CC1(C)C)C(F)(F)F. The second-order valence-corrected chi connectivity index (χ2v) is 7.74. The summed E-state index contributed by atoms with van der Waals surface area (Å²) in [5, 5.41) is 2.19. The van der Waals surface area contributed by atoms with Crippen LogP contribution in [0.2, 0.25) is 0 Å². The highest BCUT2D eigenvalue weighted by molar-refractivity contribution is 5.88. The molecule has 0 radical (unpaired) electrons. The first-order valence-electron chi connectivity index (χ1n) is 9.45. The molecule has 1 aliphatic heterocycles. The number of hydrazine groups is 1. The van der Waals surface area contributed by atoms with Gasteiger partial charge < -0.3 is 4.74 Å². The van der Waals surface area contributed by atoms with Gasteiger partial charge in [-0.05, 0) is 37.1 Å². The first kappa shape index (κ1) is 20.5. The van der Waals surface area contributed by atoms with Gasteiger partial charge in [0.2, 0.25) is 5.91 Å². The summed E-state index contributed by atoms with van der Waals surface area (Å²) in [5.41, 5.74) is 1.47. The molecule has 3 rings (SSSR count). The highest BCUT2D eigenvalue weighted by Gasteiger charge is 2.54. The van der Waals surface area contributed by atoms with Gasteiger partial charge in [0.25, 0.3) is 0 Å². The third-order valence-corrected chi connectivity index (χ3v) is 5.02. The van der Waals surface area contributed by atoms with Crippen LogP contribution in [-0.4, -0.2) is 29.2 Å². The van der Waals surface area contributed by atoms with Crippen LogP contribution < -0.4 is 10.2 Å². The lowest BCUT2D eigenvalue weighted by molar-refractivity contribution is -0.203. The maximum atomic E-state index is 14.4. The number of alkyl halides is 3. The second kappa shape index (κ2) is 7.62. The highest BCUT2D eigenvalue weighted by atomic mass is 19.4. The van der Waals surface area contributed by atoms with Gasteiger partial charge in [-0.1, -0.05) is 43.7 Å². The zero-order chi connectivity index (χ0) is 20.5. The Morgan fingerprint density at radius 1 is 1.21 bits per heavy atom. The van der Waals surface area contributed by atoms with Crippen molar-refractivity contribution < 1.29 is 22.7 Å². The maximum absolute atomic E-state index is 14.4. The average molecular weight is 394 g/mol. The van der Waals surface area contributed by atoms with Crippen LogP contribution >= 0.6 is 0 Å². The number of nitrogens with one attached hydrogen (secondary N) is 1. The highest BCUT2D eigenvalue weighted by Crippen LogP contribution is 2.47. The first-order valence-corrected chi connectivity index (χ1v) is 9.45. The fourth-order valence-corrected chi connectivity index (χ4v) is 3.67. The topological polar surface area (TPSA) is 41.6 Å². The van der Waals surface area contributed by atoms with Gasteiger partial charge in [-0.15, -0.1) is 0 Å². The lowest BCUT2D eigenvalue weighted by Gasteiger charge is -2.38. The Labute approximate surface area is 162 Å². The molecule has 0 spiro atoms. The fourth-order valence-electron chi connectivity index (χ4n) is 3.67. The summed E-state index contributed by atoms with van der Waals surface area (Å²) >= 11 is 0. The molecule has 152 valence electrons. The van der Waals surface area contributed by atoms with E-state index in [-0.39, 0.29) is 17.7 Å². The van der Waals surface area contributed by atoms with E-state index < -0.39 is 23.7 Å². The average Bonchev–Trinajstić information content (AvgIpc) is 2.87. The number of carbonyl (C=O) groups excluding carboxylic acids is 1. The van der Waals surface area contributed by atoms with Crippen LogP contribution in [0.3, 0.4) is 0 Å². The Balaban J connectivity index is 2.20. The molecule has 1 unspecified atom stereocenters. The van der Waals surface area contributed by atoms with E-state index in [1.165, 1.54) is 0 Å². The molecule has 28 heavy (non-hydrogen) atoms. The van der Waals surface area contributed by atoms with Crippen molar-refractivity contribution in [2.75, 3.05) is 6.61 Å². The van der Waals surface area contributed by atoms with E-state index >= 15 is 0 Å². The number of amides is 1. The number of unbranched alkanes of at least 4 members (excludes halogenated alkanes) is 1. The van der Waals surface area contributed by atoms with Crippen LogP contribution in [0.4, 0.5) is 13.2 Å². The fraction of sp³-hybridized carbons (Fsp3) is 0.476. The van der Waals surface area contributed by atoms with Crippen LogP contribution in [0.1, 0.15) is 51.6 Å². The number of nitrogens with zero attached hydrogens (tertiary/aromatic N) is 1. The molecule has 1 heterocycles. The third-order valence-electron chi connectivity index (χ3n) is 5.02. The lowest BCUT2D eigenvalue weighted by atomic mass is 9.93. The van der Waals surface area contributed by atoms with Crippen molar-refractivity contribution in [2.45, 2.75) is 57.8 Å². The Hall–Kier alpha value is -2.28. The summed E-state index contributed by atoms with van der Waals surface area (Å²) in [6.45, 7) is 5.59. The summed E-state index contributed by atoms with van der Waals surface area (Å²) < 4.78 is 48.9. The summed E-state index contributed by atoms with van der Waals surface area (Å²) in [5.74, 6) is -0.223. The van der Waals surface area contributed by atoms with E-state index in [4.69, 9.17) is 4.74 Å². The van der Waals surface area contributed by atoms with Crippen LogP contribution in [0.15, 0.2) is 36.4 Å². The molecular formula is C21H25F3N2O2. The standard InChI is InChI=1S/C21H25F3N2O2/c1-4-5-12-28-16-11-10-14-8-6-7-9-15(14)18(16)19(21(22,23)24)26-20(2,3)13-17(27)25-26/h6-11,19H,4-5,12-13H2,1-3H3,(H,25,27). The van der Waals surface area contributed by atoms with Gasteiger partial charge in [-0.3, -0.25) is 10.2 Å². The van der Waals surface area contributed by atoms with E-state index in [1.807, 2.05) is 6.92 Å². The zero-order valence-corrected chi connectivity index (χ0v) is 16.3. The molecule has 1 N–H and O–H groups in total. The van der Waals surface area contributed by atoms with E-state index in [9.17, 15) is 18.0 Å². The molecule has 0 saturated carbocycles. The van der Waals surface area contributed by atoms with Gasteiger partial charge in [-0.25, -0.2) is 0 Å².